The fourth-order valence-corrected chi connectivity index (χ4v) is 4.59. The molecule has 1 aliphatic carbocycles. The molecule has 3 nitrogen and oxygen atoms in total. The van der Waals surface area contributed by atoms with Crippen molar-refractivity contribution < 1.29 is 9.53 Å². The van der Waals surface area contributed by atoms with Gasteiger partial charge in [0.05, 0.1) is 0 Å². The smallest absolute Gasteiger partial charge is 0.308 e. The van der Waals surface area contributed by atoms with E-state index in [4.69, 9.17) is 4.74 Å². The normalized spacial score (nSPS) is 17.8. The molecule has 4 heteroatoms. The predicted molar refractivity (Wildman–Crippen MR) is 104 cm³/mol. The standard InChI is InChI=1S/C21H27NO2S/c1-3-6-17(21-9-5-12-25-21)14-22-18-10-11-19-16(13-18)7-4-8-20(19)24-15(2)23/h4-5,7-9,12,17-18,22H,3,6,10-11,13-14H2,1-2H3/t17?,18-/m0/s1. The largest absolute Gasteiger partial charge is 0.426 e. The topological polar surface area (TPSA) is 38.3 Å². The van der Waals surface area contributed by atoms with Gasteiger partial charge in [-0.1, -0.05) is 31.5 Å². The Hall–Kier alpha value is -1.65. The Balaban J connectivity index is 1.62. The fourth-order valence-electron chi connectivity index (χ4n) is 3.72. The number of rotatable bonds is 7. The van der Waals surface area contributed by atoms with Crippen molar-refractivity contribution in [2.24, 2.45) is 0 Å². The molecule has 25 heavy (non-hydrogen) atoms. The second-order valence-corrected chi connectivity index (χ2v) is 7.82. The first-order chi connectivity index (χ1) is 12.2. The lowest BCUT2D eigenvalue weighted by Gasteiger charge is -2.28. The molecule has 1 aliphatic rings. The van der Waals surface area contributed by atoms with Crippen molar-refractivity contribution in [2.45, 2.75) is 57.9 Å². The van der Waals surface area contributed by atoms with E-state index in [1.807, 2.05) is 23.5 Å². The minimum absolute atomic E-state index is 0.244. The van der Waals surface area contributed by atoms with Gasteiger partial charge in [-0.05, 0) is 54.3 Å². The van der Waals surface area contributed by atoms with E-state index in [0.717, 1.165) is 31.6 Å². The van der Waals surface area contributed by atoms with Crippen LogP contribution in [0.2, 0.25) is 0 Å². The lowest BCUT2D eigenvalue weighted by Crippen LogP contribution is -2.37. The highest BCUT2D eigenvalue weighted by Gasteiger charge is 2.23. The zero-order valence-corrected chi connectivity index (χ0v) is 15.9. The Kier molecular flexibility index (Phi) is 6.27. The second kappa shape index (κ2) is 8.63. The molecular weight excluding hydrogens is 330 g/mol. The maximum absolute atomic E-state index is 11.3. The van der Waals surface area contributed by atoms with E-state index >= 15 is 0 Å². The molecule has 1 heterocycles. The molecule has 0 radical (unpaired) electrons. The summed E-state index contributed by atoms with van der Waals surface area (Å²) in [5.41, 5.74) is 2.52. The quantitative estimate of drug-likeness (QED) is 0.576. The molecular formula is C21H27NO2S. The van der Waals surface area contributed by atoms with Crippen molar-refractivity contribution in [1.82, 2.24) is 5.32 Å². The summed E-state index contributed by atoms with van der Waals surface area (Å²) in [6.45, 7) is 4.76. The number of carbonyl (C=O) groups excluding carboxylic acids is 1. The van der Waals surface area contributed by atoms with E-state index in [1.54, 1.807) is 0 Å². The molecule has 0 amide bonds. The van der Waals surface area contributed by atoms with E-state index in [-0.39, 0.29) is 5.97 Å². The molecule has 0 spiro atoms. The van der Waals surface area contributed by atoms with Crippen LogP contribution < -0.4 is 10.1 Å². The van der Waals surface area contributed by atoms with E-state index < -0.39 is 0 Å². The summed E-state index contributed by atoms with van der Waals surface area (Å²) in [7, 11) is 0. The number of fused-ring (bicyclic) bond motifs is 1. The zero-order valence-electron chi connectivity index (χ0n) is 15.1. The molecule has 0 saturated heterocycles. The molecule has 0 aliphatic heterocycles. The van der Waals surface area contributed by atoms with Crippen LogP contribution in [0.15, 0.2) is 35.7 Å². The van der Waals surface area contributed by atoms with Gasteiger partial charge in [-0.25, -0.2) is 0 Å². The molecule has 0 fully saturated rings. The first-order valence-electron chi connectivity index (χ1n) is 9.23. The molecule has 0 bridgehead atoms. The van der Waals surface area contributed by atoms with Gasteiger partial charge in [0, 0.05) is 30.3 Å². The Bertz CT molecular complexity index is 696. The van der Waals surface area contributed by atoms with Gasteiger partial charge < -0.3 is 10.1 Å². The van der Waals surface area contributed by atoms with Crippen LogP contribution in [-0.4, -0.2) is 18.6 Å². The van der Waals surface area contributed by atoms with Crippen LogP contribution in [0.5, 0.6) is 5.75 Å². The SMILES string of the molecule is CCCC(CN[C@H]1CCc2c(cccc2OC(C)=O)C1)c1cccs1. The predicted octanol–water partition coefficient (Wildman–Crippen LogP) is 4.70. The summed E-state index contributed by atoms with van der Waals surface area (Å²) in [5.74, 6) is 1.11. The van der Waals surface area contributed by atoms with Gasteiger partial charge in [0.1, 0.15) is 5.75 Å². The van der Waals surface area contributed by atoms with Crippen LogP contribution >= 0.6 is 11.3 Å². The van der Waals surface area contributed by atoms with Gasteiger partial charge >= 0.3 is 5.97 Å². The molecule has 2 atom stereocenters. The lowest BCUT2D eigenvalue weighted by atomic mass is 9.87. The number of hydrogen-bond donors (Lipinski definition) is 1. The molecule has 1 aromatic carbocycles. The molecule has 0 saturated carbocycles. The van der Waals surface area contributed by atoms with Gasteiger partial charge in [-0.3, -0.25) is 4.79 Å². The average molecular weight is 358 g/mol. The van der Waals surface area contributed by atoms with E-state index in [1.165, 1.54) is 35.8 Å². The monoisotopic (exact) mass is 357 g/mol. The van der Waals surface area contributed by atoms with Gasteiger partial charge in [0.2, 0.25) is 0 Å². The van der Waals surface area contributed by atoms with Crippen LogP contribution in [0.3, 0.4) is 0 Å². The Morgan fingerprint density at radius 3 is 2.96 bits per heavy atom. The molecule has 3 rings (SSSR count). The molecule has 1 aromatic heterocycles. The lowest BCUT2D eigenvalue weighted by molar-refractivity contribution is -0.131. The number of hydrogen-bond acceptors (Lipinski definition) is 4. The van der Waals surface area contributed by atoms with Gasteiger partial charge in [-0.2, -0.15) is 0 Å². The third kappa shape index (κ3) is 4.71. The van der Waals surface area contributed by atoms with Crippen LogP contribution in [-0.2, 0) is 17.6 Å². The summed E-state index contributed by atoms with van der Waals surface area (Å²) in [4.78, 5) is 12.8. The Morgan fingerprint density at radius 1 is 1.36 bits per heavy atom. The van der Waals surface area contributed by atoms with E-state index in [2.05, 4.69) is 35.8 Å². The molecule has 134 valence electrons. The number of nitrogens with one attached hydrogen (secondary N) is 1. The summed E-state index contributed by atoms with van der Waals surface area (Å²) in [6, 6.07) is 11.0. The van der Waals surface area contributed by atoms with E-state index in [0.29, 0.717) is 12.0 Å². The average Bonchev–Trinajstić information content (AvgIpc) is 3.12. The second-order valence-electron chi connectivity index (χ2n) is 6.84. The number of ether oxygens (including phenoxy) is 1. The van der Waals surface area contributed by atoms with Crippen molar-refractivity contribution in [1.29, 1.82) is 0 Å². The van der Waals surface area contributed by atoms with Crippen molar-refractivity contribution in [3.63, 3.8) is 0 Å². The minimum Gasteiger partial charge on any atom is -0.426 e. The highest BCUT2D eigenvalue weighted by molar-refractivity contribution is 7.10. The fraction of sp³-hybridized carbons (Fsp3) is 0.476. The molecule has 1 unspecified atom stereocenters. The molecule has 2 aromatic rings. The van der Waals surface area contributed by atoms with Gasteiger partial charge in [-0.15, -0.1) is 11.3 Å². The van der Waals surface area contributed by atoms with Gasteiger partial charge in [0.15, 0.2) is 0 Å². The zero-order chi connectivity index (χ0) is 17.6. The van der Waals surface area contributed by atoms with Crippen LogP contribution in [0.1, 0.15) is 55.0 Å². The highest BCUT2D eigenvalue weighted by Crippen LogP contribution is 2.31. The molecule has 1 N–H and O–H groups in total. The third-order valence-electron chi connectivity index (χ3n) is 4.93. The summed E-state index contributed by atoms with van der Waals surface area (Å²) in [6.07, 6.45) is 5.51. The van der Waals surface area contributed by atoms with Gasteiger partial charge in [0.25, 0.3) is 0 Å². The van der Waals surface area contributed by atoms with Crippen LogP contribution in [0.25, 0.3) is 0 Å². The van der Waals surface area contributed by atoms with Crippen molar-refractivity contribution in [2.75, 3.05) is 6.54 Å². The maximum atomic E-state index is 11.3. The van der Waals surface area contributed by atoms with Crippen molar-refractivity contribution >= 4 is 17.3 Å². The first kappa shape index (κ1) is 18.2. The summed E-state index contributed by atoms with van der Waals surface area (Å²) >= 11 is 1.87. The first-order valence-corrected chi connectivity index (χ1v) is 10.1. The number of esters is 1. The van der Waals surface area contributed by atoms with Crippen molar-refractivity contribution in [3.8, 4) is 5.75 Å². The van der Waals surface area contributed by atoms with Crippen LogP contribution in [0.4, 0.5) is 0 Å². The third-order valence-corrected chi connectivity index (χ3v) is 5.96. The summed E-state index contributed by atoms with van der Waals surface area (Å²) < 4.78 is 5.37. The number of carbonyl (C=O) groups is 1. The van der Waals surface area contributed by atoms with Crippen molar-refractivity contribution in [3.05, 3.63) is 51.7 Å². The summed E-state index contributed by atoms with van der Waals surface area (Å²) in [5, 5.41) is 5.97. The maximum Gasteiger partial charge on any atom is 0.308 e. The Labute approximate surface area is 154 Å². The van der Waals surface area contributed by atoms with Crippen LogP contribution in [0, 0.1) is 0 Å². The minimum atomic E-state index is -0.244. The highest BCUT2D eigenvalue weighted by atomic mass is 32.1. The van der Waals surface area contributed by atoms with E-state index in [9.17, 15) is 4.79 Å². The number of benzene rings is 1. The Morgan fingerprint density at radius 2 is 2.24 bits per heavy atom. The number of thiophene rings is 1.